The van der Waals surface area contributed by atoms with Crippen LogP contribution in [0.5, 0.6) is 0 Å². The number of carbonyl (C=O) groups excluding carboxylic acids is 2. The molecule has 5 nitrogen and oxygen atoms in total. The lowest BCUT2D eigenvalue weighted by atomic mass is 9.81. The predicted octanol–water partition coefficient (Wildman–Crippen LogP) is 1.27. The maximum atomic E-state index is 12.4. The smallest absolute Gasteiger partial charge is 0.313 e. The molecule has 0 aromatic heterocycles. The summed E-state index contributed by atoms with van der Waals surface area (Å²) in [5.41, 5.74) is -0.336. The van der Waals surface area contributed by atoms with Crippen molar-refractivity contribution in [1.29, 1.82) is 0 Å². The fourth-order valence-corrected chi connectivity index (χ4v) is 4.49. The zero-order valence-electron chi connectivity index (χ0n) is 13.0. The van der Waals surface area contributed by atoms with Gasteiger partial charge in [0.05, 0.1) is 19.1 Å². The monoisotopic (exact) mass is 294 g/mol. The number of nitrogens with zero attached hydrogens (tertiary/aromatic N) is 2. The lowest BCUT2D eigenvalue weighted by Gasteiger charge is -2.29. The number of methoxy groups -OCH3 is 1. The Morgan fingerprint density at radius 1 is 1.19 bits per heavy atom. The van der Waals surface area contributed by atoms with Crippen LogP contribution in [0.25, 0.3) is 0 Å². The molecular formula is C16H26N2O3. The zero-order chi connectivity index (χ0) is 14.9. The molecule has 0 spiro atoms. The van der Waals surface area contributed by atoms with E-state index >= 15 is 0 Å². The largest absolute Gasteiger partial charge is 0.469 e. The Labute approximate surface area is 126 Å². The van der Waals surface area contributed by atoms with Gasteiger partial charge in [0.1, 0.15) is 0 Å². The molecule has 5 heteroatoms. The van der Waals surface area contributed by atoms with E-state index in [0.29, 0.717) is 19.0 Å². The van der Waals surface area contributed by atoms with Crippen molar-refractivity contribution in [2.24, 2.45) is 11.3 Å². The van der Waals surface area contributed by atoms with Gasteiger partial charge < -0.3 is 9.64 Å². The second kappa shape index (κ2) is 5.95. The molecule has 2 saturated heterocycles. The van der Waals surface area contributed by atoms with Crippen molar-refractivity contribution >= 4 is 11.9 Å². The number of hydrogen-bond donors (Lipinski definition) is 0. The average molecular weight is 294 g/mol. The van der Waals surface area contributed by atoms with Gasteiger partial charge in [0, 0.05) is 26.2 Å². The lowest BCUT2D eigenvalue weighted by Crippen LogP contribution is -2.43. The van der Waals surface area contributed by atoms with Crippen molar-refractivity contribution < 1.29 is 14.3 Å². The molecule has 1 saturated carbocycles. The highest BCUT2D eigenvalue weighted by Crippen LogP contribution is 2.49. The molecular weight excluding hydrogens is 268 g/mol. The Bertz CT molecular complexity index is 420. The van der Waals surface area contributed by atoms with Crippen LogP contribution in [0.4, 0.5) is 0 Å². The summed E-state index contributed by atoms with van der Waals surface area (Å²) < 4.78 is 5.05. The number of esters is 1. The third-order valence-corrected chi connectivity index (χ3v) is 5.60. The quantitative estimate of drug-likeness (QED) is 0.736. The van der Waals surface area contributed by atoms with E-state index in [2.05, 4.69) is 4.90 Å². The number of amides is 1. The zero-order valence-corrected chi connectivity index (χ0v) is 13.0. The summed E-state index contributed by atoms with van der Waals surface area (Å²) in [7, 11) is 1.48. The Kier molecular flexibility index (Phi) is 4.20. The molecule has 2 aliphatic heterocycles. The Morgan fingerprint density at radius 3 is 2.67 bits per heavy atom. The van der Waals surface area contributed by atoms with Crippen LogP contribution < -0.4 is 0 Å². The first-order chi connectivity index (χ1) is 10.2. The first kappa shape index (κ1) is 14.8. The minimum atomic E-state index is -0.336. The summed E-state index contributed by atoms with van der Waals surface area (Å²) in [4.78, 5) is 28.8. The fourth-order valence-electron chi connectivity index (χ4n) is 4.49. The SMILES string of the molecule is COC(=O)[C@@]12CCC[C@H]1CN(CC(=O)N1CCCCC1)C2. The van der Waals surface area contributed by atoms with Crippen LogP contribution in [0.2, 0.25) is 0 Å². The van der Waals surface area contributed by atoms with E-state index < -0.39 is 0 Å². The molecule has 0 N–H and O–H groups in total. The van der Waals surface area contributed by atoms with E-state index in [0.717, 1.165) is 51.7 Å². The van der Waals surface area contributed by atoms with Crippen molar-refractivity contribution in [3.8, 4) is 0 Å². The molecule has 3 aliphatic rings. The van der Waals surface area contributed by atoms with E-state index in [1.54, 1.807) is 0 Å². The highest BCUT2D eigenvalue weighted by Gasteiger charge is 2.55. The number of ether oxygens (including phenoxy) is 1. The van der Waals surface area contributed by atoms with Crippen LogP contribution in [0.1, 0.15) is 38.5 Å². The maximum absolute atomic E-state index is 12.4. The summed E-state index contributed by atoms with van der Waals surface area (Å²) >= 11 is 0. The van der Waals surface area contributed by atoms with Gasteiger partial charge in [-0.1, -0.05) is 6.42 Å². The van der Waals surface area contributed by atoms with Gasteiger partial charge in [-0.05, 0) is 38.0 Å². The predicted molar refractivity (Wildman–Crippen MR) is 78.7 cm³/mol. The van der Waals surface area contributed by atoms with E-state index in [-0.39, 0.29) is 17.3 Å². The van der Waals surface area contributed by atoms with Crippen molar-refractivity contribution in [3.05, 3.63) is 0 Å². The van der Waals surface area contributed by atoms with E-state index in [1.807, 2.05) is 4.90 Å². The number of rotatable bonds is 3. The highest BCUT2D eigenvalue weighted by molar-refractivity contribution is 5.80. The highest BCUT2D eigenvalue weighted by atomic mass is 16.5. The molecule has 1 amide bonds. The topological polar surface area (TPSA) is 49.9 Å². The summed E-state index contributed by atoms with van der Waals surface area (Å²) in [6, 6.07) is 0. The van der Waals surface area contributed by atoms with Crippen LogP contribution in [0.15, 0.2) is 0 Å². The second-order valence-electron chi connectivity index (χ2n) is 6.85. The third-order valence-electron chi connectivity index (χ3n) is 5.60. The Balaban J connectivity index is 1.61. The van der Waals surface area contributed by atoms with E-state index in [9.17, 15) is 9.59 Å². The minimum absolute atomic E-state index is 0.0714. The summed E-state index contributed by atoms with van der Waals surface area (Å²) in [5, 5.41) is 0. The molecule has 2 heterocycles. The molecule has 1 aliphatic carbocycles. The Hall–Kier alpha value is -1.10. The van der Waals surface area contributed by atoms with Gasteiger partial charge >= 0.3 is 5.97 Å². The molecule has 0 radical (unpaired) electrons. The molecule has 21 heavy (non-hydrogen) atoms. The second-order valence-corrected chi connectivity index (χ2v) is 6.85. The van der Waals surface area contributed by atoms with Gasteiger partial charge in [-0.3, -0.25) is 14.5 Å². The van der Waals surface area contributed by atoms with Gasteiger partial charge in [0.25, 0.3) is 0 Å². The first-order valence-corrected chi connectivity index (χ1v) is 8.24. The van der Waals surface area contributed by atoms with E-state index in [4.69, 9.17) is 4.74 Å². The molecule has 0 aromatic carbocycles. The number of hydrogen-bond acceptors (Lipinski definition) is 4. The molecule has 0 bridgehead atoms. The van der Waals surface area contributed by atoms with Crippen molar-refractivity contribution in [1.82, 2.24) is 9.80 Å². The van der Waals surface area contributed by atoms with Crippen LogP contribution in [0.3, 0.4) is 0 Å². The molecule has 0 unspecified atom stereocenters. The third kappa shape index (κ3) is 2.68. The maximum Gasteiger partial charge on any atom is 0.313 e. The van der Waals surface area contributed by atoms with Crippen LogP contribution in [-0.2, 0) is 14.3 Å². The Morgan fingerprint density at radius 2 is 1.95 bits per heavy atom. The fraction of sp³-hybridized carbons (Fsp3) is 0.875. The van der Waals surface area contributed by atoms with Gasteiger partial charge in [-0.25, -0.2) is 0 Å². The van der Waals surface area contributed by atoms with Gasteiger partial charge in [0.2, 0.25) is 5.91 Å². The normalized spacial score (nSPS) is 33.0. The van der Waals surface area contributed by atoms with Crippen molar-refractivity contribution in [2.75, 3.05) is 39.8 Å². The van der Waals surface area contributed by atoms with Crippen LogP contribution in [-0.4, -0.2) is 61.5 Å². The number of carbonyl (C=O) groups is 2. The standard InChI is InChI=1S/C16H26N2O3/c1-21-15(20)16-7-5-6-13(16)10-17(12-16)11-14(19)18-8-3-2-4-9-18/h13H,2-12H2,1H3/t13-,16+/m0/s1. The number of piperidine rings is 1. The summed E-state index contributed by atoms with van der Waals surface area (Å²) in [6.45, 7) is 3.84. The summed E-state index contributed by atoms with van der Waals surface area (Å²) in [5.74, 6) is 0.534. The van der Waals surface area contributed by atoms with E-state index in [1.165, 1.54) is 13.5 Å². The van der Waals surface area contributed by atoms with Crippen LogP contribution >= 0.6 is 0 Å². The van der Waals surface area contributed by atoms with Crippen molar-refractivity contribution in [3.63, 3.8) is 0 Å². The van der Waals surface area contributed by atoms with Gasteiger partial charge in [-0.2, -0.15) is 0 Å². The number of likely N-dealkylation sites (tertiary alicyclic amines) is 2. The molecule has 0 aromatic rings. The molecule has 118 valence electrons. The number of fused-ring (bicyclic) bond motifs is 1. The van der Waals surface area contributed by atoms with Crippen LogP contribution in [0, 0.1) is 11.3 Å². The molecule has 3 rings (SSSR count). The molecule has 2 atom stereocenters. The van der Waals surface area contributed by atoms with Crippen molar-refractivity contribution in [2.45, 2.75) is 38.5 Å². The minimum Gasteiger partial charge on any atom is -0.469 e. The average Bonchev–Trinajstić information content (AvgIpc) is 3.04. The lowest BCUT2D eigenvalue weighted by molar-refractivity contribution is -0.153. The summed E-state index contributed by atoms with van der Waals surface area (Å²) in [6.07, 6.45) is 6.60. The van der Waals surface area contributed by atoms with Gasteiger partial charge in [0.15, 0.2) is 0 Å². The molecule has 3 fully saturated rings. The first-order valence-electron chi connectivity index (χ1n) is 8.24. The van der Waals surface area contributed by atoms with Gasteiger partial charge in [-0.15, -0.1) is 0 Å².